The molecule has 0 bridgehead atoms. The van der Waals surface area contributed by atoms with Crippen LogP contribution in [0.5, 0.6) is 0 Å². The van der Waals surface area contributed by atoms with Crippen molar-refractivity contribution in [3.8, 4) is 0 Å². The number of allylic oxidation sites excluding steroid dienone is 2. The second kappa shape index (κ2) is 13.8. The van der Waals surface area contributed by atoms with E-state index in [0.29, 0.717) is 6.61 Å². The van der Waals surface area contributed by atoms with Gasteiger partial charge in [0.25, 0.3) is 0 Å². The summed E-state index contributed by atoms with van der Waals surface area (Å²) in [6.07, 6.45) is 12.0. The summed E-state index contributed by atoms with van der Waals surface area (Å²) in [5, 5.41) is 28.8. The van der Waals surface area contributed by atoms with Crippen molar-refractivity contribution in [2.75, 3.05) is 19.8 Å². The first-order valence-corrected chi connectivity index (χ1v) is 9.55. The van der Waals surface area contributed by atoms with Crippen molar-refractivity contribution in [2.45, 2.75) is 89.1 Å². The van der Waals surface area contributed by atoms with Crippen LogP contribution in [0.3, 0.4) is 0 Å². The Morgan fingerprint density at radius 3 is 2.38 bits per heavy atom. The average molecular weight is 344 g/mol. The van der Waals surface area contributed by atoms with Crippen LogP contribution in [0.2, 0.25) is 0 Å². The van der Waals surface area contributed by atoms with Gasteiger partial charge in [0, 0.05) is 6.61 Å². The van der Waals surface area contributed by atoms with E-state index < -0.39 is 24.4 Å². The van der Waals surface area contributed by atoms with E-state index in [0.717, 1.165) is 12.8 Å². The van der Waals surface area contributed by atoms with E-state index in [1.54, 1.807) is 0 Å². The molecular formula is C19H36O5. The molecule has 1 saturated heterocycles. The quantitative estimate of drug-likeness (QED) is 0.353. The minimum atomic E-state index is -0.989. The van der Waals surface area contributed by atoms with Gasteiger partial charge in [-0.3, -0.25) is 0 Å². The monoisotopic (exact) mass is 344 g/mol. The maximum atomic E-state index is 9.94. The third-order valence-corrected chi connectivity index (χ3v) is 4.46. The highest BCUT2D eigenvalue weighted by molar-refractivity contribution is 4.87. The molecule has 0 saturated carbocycles. The summed E-state index contributed by atoms with van der Waals surface area (Å²) in [6.45, 7) is 2.55. The van der Waals surface area contributed by atoms with Gasteiger partial charge in [0.15, 0.2) is 0 Å². The number of hydrogen-bond acceptors (Lipinski definition) is 5. The minimum Gasteiger partial charge on any atom is -0.394 e. The summed E-state index contributed by atoms with van der Waals surface area (Å²) in [5.41, 5.74) is 0. The zero-order valence-electron chi connectivity index (χ0n) is 15.1. The summed E-state index contributed by atoms with van der Waals surface area (Å²) in [4.78, 5) is 0. The lowest BCUT2D eigenvalue weighted by atomic mass is 10.0. The topological polar surface area (TPSA) is 79.2 Å². The van der Waals surface area contributed by atoms with Crippen molar-refractivity contribution >= 4 is 0 Å². The molecule has 0 aromatic carbocycles. The van der Waals surface area contributed by atoms with Crippen LogP contribution in [0.1, 0.15) is 64.7 Å². The Labute approximate surface area is 146 Å². The molecule has 5 nitrogen and oxygen atoms in total. The van der Waals surface area contributed by atoms with Gasteiger partial charge in [-0.1, -0.05) is 51.2 Å². The van der Waals surface area contributed by atoms with Crippen LogP contribution >= 0.6 is 0 Å². The van der Waals surface area contributed by atoms with Gasteiger partial charge in [0.2, 0.25) is 0 Å². The second-order valence-electron chi connectivity index (χ2n) is 6.62. The third-order valence-electron chi connectivity index (χ3n) is 4.46. The Hall–Kier alpha value is -0.460. The first-order chi connectivity index (χ1) is 11.7. The molecule has 1 aliphatic rings. The molecule has 24 heavy (non-hydrogen) atoms. The molecule has 0 amide bonds. The lowest BCUT2D eigenvalue weighted by Gasteiger charge is -2.37. The molecule has 0 aliphatic carbocycles. The predicted molar refractivity (Wildman–Crippen MR) is 94.9 cm³/mol. The highest BCUT2D eigenvalue weighted by Crippen LogP contribution is 2.19. The fourth-order valence-electron chi connectivity index (χ4n) is 2.91. The first kappa shape index (κ1) is 21.6. The zero-order valence-corrected chi connectivity index (χ0v) is 15.1. The first-order valence-electron chi connectivity index (χ1n) is 9.55. The predicted octanol–water partition coefficient (Wildman–Crippen LogP) is 2.57. The maximum absolute atomic E-state index is 9.94. The molecule has 142 valence electrons. The third kappa shape index (κ3) is 8.58. The molecule has 0 spiro atoms. The van der Waals surface area contributed by atoms with Gasteiger partial charge in [0.05, 0.1) is 13.2 Å². The summed E-state index contributed by atoms with van der Waals surface area (Å²) in [5.74, 6) is 0. The minimum absolute atomic E-state index is 0.0416. The molecule has 0 unspecified atom stereocenters. The Bertz CT molecular complexity index is 319. The van der Waals surface area contributed by atoms with Gasteiger partial charge in [-0.25, -0.2) is 0 Å². The molecule has 3 N–H and O–H groups in total. The van der Waals surface area contributed by atoms with E-state index >= 15 is 0 Å². The van der Waals surface area contributed by atoms with Crippen LogP contribution in [0.15, 0.2) is 12.2 Å². The molecule has 0 aromatic heterocycles. The van der Waals surface area contributed by atoms with Crippen molar-refractivity contribution < 1.29 is 24.8 Å². The van der Waals surface area contributed by atoms with Gasteiger partial charge in [0.1, 0.15) is 24.4 Å². The normalized spacial score (nSPS) is 27.8. The molecule has 4 atom stereocenters. The highest BCUT2D eigenvalue weighted by Gasteiger charge is 2.39. The van der Waals surface area contributed by atoms with Crippen LogP contribution in [0, 0.1) is 0 Å². The van der Waals surface area contributed by atoms with Gasteiger partial charge in [-0.2, -0.15) is 0 Å². The lowest BCUT2D eigenvalue weighted by Crippen LogP contribution is -2.55. The molecule has 1 fully saturated rings. The fourth-order valence-corrected chi connectivity index (χ4v) is 2.91. The molecular weight excluding hydrogens is 308 g/mol. The fraction of sp³-hybridized carbons (Fsp3) is 0.895. The number of hydrogen-bond donors (Lipinski definition) is 3. The Morgan fingerprint density at radius 2 is 1.67 bits per heavy atom. The Morgan fingerprint density at radius 1 is 1.00 bits per heavy atom. The number of unbranched alkanes of at least 4 members (excludes halogenated alkanes) is 7. The van der Waals surface area contributed by atoms with E-state index in [9.17, 15) is 15.3 Å². The zero-order chi connectivity index (χ0) is 17.6. The summed E-state index contributed by atoms with van der Waals surface area (Å²) >= 11 is 0. The standard InChI is InChI=1S/C19H36O5/c1-2-3-4-5-6-7-8-9-10-11-12-13-23-19-17(14-20)24-15-16(21)18(19)22/h4-5,16-22H,2-3,6-15H2,1H3/b5-4+/t16-,17+,18+,19+/m0/s1. The molecule has 1 rings (SSSR count). The number of ether oxygens (including phenoxy) is 2. The van der Waals surface area contributed by atoms with Gasteiger partial charge in [-0.05, 0) is 25.7 Å². The molecule has 0 radical (unpaired) electrons. The van der Waals surface area contributed by atoms with Crippen molar-refractivity contribution in [3.63, 3.8) is 0 Å². The van der Waals surface area contributed by atoms with Crippen molar-refractivity contribution in [1.82, 2.24) is 0 Å². The molecule has 1 heterocycles. The SMILES string of the molecule is CCC/C=C/CCCCCCCCO[C@H]1[C@H](O)[C@@H](O)CO[C@@H]1CO. The smallest absolute Gasteiger partial charge is 0.114 e. The van der Waals surface area contributed by atoms with E-state index in [1.165, 1.54) is 44.9 Å². The van der Waals surface area contributed by atoms with E-state index in [1.807, 2.05) is 0 Å². The van der Waals surface area contributed by atoms with E-state index in [4.69, 9.17) is 9.47 Å². The summed E-state index contributed by atoms with van der Waals surface area (Å²) < 4.78 is 10.9. The largest absolute Gasteiger partial charge is 0.394 e. The van der Waals surface area contributed by atoms with Crippen LogP contribution < -0.4 is 0 Å². The number of aliphatic hydroxyl groups is 3. The Kier molecular flexibility index (Phi) is 12.4. The lowest BCUT2D eigenvalue weighted by molar-refractivity contribution is -0.211. The number of rotatable bonds is 13. The Balaban J connectivity index is 1.99. The van der Waals surface area contributed by atoms with Crippen LogP contribution in [0.4, 0.5) is 0 Å². The second-order valence-corrected chi connectivity index (χ2v) is 6.62. The van der Waals surface area contributed by atoms with Gasteiger partial charge < -0.3 is 24.8 Å². The molecule has 5 heteroatoms. The molecule has 1 aliphatic heterocycles. The van der Waals surface area contributed by atoms with Crippen LogP contribution in [-0.2, 0) is 9.47 Å². The van der Waals surface area contributed by atoms with Crippen molar-refractivity contribution in [2.24, 2.45) is 0 Å². The molecule has 0 aromatic rings. The van der Waals surface area contributed by atoms with Gasteiger partial charge >= 0.3 is 0 Å². The van der Waals surface area contributed by atoms with Crippen molar-refractivity contribution in [3.05, 3.63) is 12.2 Å². The van der Waals surface area contributed by atoms with Crippen LogP contribution in [-0.4, -0.2) is 59.6 Å². The summed E-state index contributed by atoms with van der Waals surface area (Å²) in [7, 11) is 0. The average Bonchev–Trinajstić information content (AvgIpc) is 2.59. The highest BCUT2D eigenvalue weighted by atomic mass is 16.6. The van der Waals surface area contributed by atoms with Gasteiger partial charge in [-0.15, -0.1) is 0 Å². The summed E-state index contributed by atoms with van der Waals surface area (Å²) in [6, 6.07) is 0. The maximum Gasteiger partial charge on any atom is 0.114 e. The van der Waals surface area contributed by atoms with E-state index in [-0.39, 0.29) is 13.2 Å². The van der Waals surface area contributed by atoms with Crippen molar-refractivity contribution in [1.29, 1.82) is 0 Å². The van der Waals surface area contributed by atoms with Crippen LogP contribution in [0.25, 0.3) is 0 Å². The number of aliphatic hydroxyl groups excluding tert-OH is 3. The van der Waals surface area contributed by atoms with E-state index in [2.05, 4.69) is 19.1 Å².